The molecule has 0 amide bonds. The molecule has 0 bridgehead atoms. The van der Waals surface area contributed by atoms with Gasteiger partial charge in [-0.1, -0.05) is 0 Å². The van der Waals surface area contributed by atoms with Crippen LogP contribution in [-0.4, -0.2) is 33.4 Å². The van der Waals surface area contributed by atoms with Gasteiger partial charge in [0, 0.05) is 0 Å². The predicted molar refractivity (Wildman–Crippen MR) is 27.0 cm³/mol. The SMILES string of the molecule is O=C(O)CC(O)C(=O)O.[H-].[Na+]. The first-order valence-corrected chi connectivity index (χ1v) is 2.16. The molecule has 0 aliphatic rings. The number of aliphatic hydroxyl groups is 1. The molecule has 0 aromatic carbocycles. The molecular formula is C4H7NaO5. The molecule has 1 unspecified atom stereocenters. The van der Waals surface area contributed by atoms with Crippen LogP contribution in [0.1, 0.15) is 7.85 Å². The Hall–Kier alpha value is -0.100. The van der Waals surface area contributed by atoms with E-state index in [4.69, 9.17) is 15.3 Å². The van der Waals surface area contributed by atoms with Crippen molar-refractivity contribution in [2.75, 3.05) is 0 Å². The number of aliphatic carboxylic acids is 2. The van der Waals surface area contributed by atoms with Crippen molar-refractivity contribution in [2.24, 2.45) is 0 Å². The zero-order valence-electron chi connectivity index (χ0n) is 6.44. The molecule has 0 heterocycles. The van der Waals surface area contributed by atoms with Crippen molar-refractivity contribution in [3.8, 4) is 0 Å². The number of aliphatic hydroxyl groups excluding tert-OH is 1. The number of hydrogen-bond acceptors (Lipinski definition) is 3. The number of carboxylic acids is 2. The Bertz CT molecular complexity index is 138. The standard InChI is InChI=1S/C4H6O5.Na.H/c5-2(4(8)9)1-3(6)7;;/h2,5H,1H2,(H,6,7)(H,8,9);;/q;+1;-1. The van der Waals surface area contributed by atoms with Crippen LogP contribution >= 0.6 is 0 Å². The first-order chi connectivity index (χ1) is 4.04. The summed E-state index contributed by atoms with van der Waals surface area (Å²) >= 11 is 0. The zero-order chi connectivity index (χ0) is 7.44. The zero-order valence-corrected chi connectivity index (χ0v) is 7.44. The molecule has 0 fully saturated rings. The Morgan fingerprint density at radius 1 is 1.40 bits per heavy atom. The second kappa shape index (κ2) is 5.67. The monoisotopic (exact) mass is 158 g/mol. The normalized spacial score (nSPS) is 11.3. The van der Waals surface area contributed by atoms with Crippen LogP contribution < -0.4 is 29.6 Å². The second-order valence-corrected chi connectivity index (χ2v) is 1.45. The molecule has 5 nitrogen and oxygen atoms in total. The smallest absolute Gasteiger partial charge is 1.00 e. The maximum Gasteiger partial charge on any atom is 1.00 e. The van der Waals surface area contributed by atoms with Crippen LogP contribution in [-0.2, 0) is 9.59 Å². The van der Waals surface area contributed by atoms with Gasteiger partial charge in [0.1, 0.15) is 0 Å². The summed E-state index contributed by atoms with van der Waals surface area (Å²) in [6, 6.07) is 0. The third-order valence-electron chi connectivity index (χ3n) is 0.653. The first kappa shape index (κ1) is 12.6. The molecule has 0 aliphatic heterocycles. The largest absolute Gasteiger partial charge is 1.00 e. The molecule has 6 heteroatoms. The van der Waals surface area contributed by atoms with Crippen molar-refractivity contribution < 1.29 is 55.9 Å². The van der Waals surface area contributed by atoms with Crippen molar-refractivity contribution in [1.82, 2.24) is 0 Å². The van der Waals surface area contributed by atoms with Gasteiger partial charge in [0.05, 0.1) is 6.42 Å². The fourth-order valence-corrected chi connectivity index (χ4v) is 0.253. The van der Waals surface area contributed by atoms with Gasteiger partial charge < -0.3 is 16.7 Å². The molecule has 10 heavy (non-hydrogen) atoms. The van der Waals surface area contributed by atoms with Gasteiger partial charge in [0.25, 0.3) is 0 Å². The summed E-state index contributed by atoms with van der Waals surface area (Å²) in [5.74, 6) is -2.85. The Kier molecular flexibility index (Phi) is 7.12. The van der Waals surface area contributed by atoms with Crippen LogP contribution in [0.15, 0.2) is 0 Å². The fraction of sp³-hybridized carbons (Fsp3) is 0.500. The minimum atomic E-state index is -1.79. The van der Waals surface area contributed by atoms with E-state index in [9.17, 15) is 9.59 Å². The van der Waals surface area contributed by atoms with Crippen molar-refractivity contribution in [2.45, 2.75) is 12.5 Å². The van der Waals surface area contributed by atoms with E-state index >= 15 is 0 Å². The molecule has 0 rings (SSSR count). The molecule has 0 radical (unpaired) electrons. The molecular weight excluding hydrogens is 151 g/mol. The van der Waals surface area contributed by atoms with E-state index in [2.05, 4.69) is 0 Å². The second-order valence-electron chi connectivity index (χ2n) is 1.45. The van der Waals surface area contributed by atoms with Crippen LogP contribution in [0, 0.1) is 0 Å². The van der Waals surface area contributed by atoms with Crippen molar-refractivity contribution >= 4 is 11.9 Å². The average molecular weight is 158 g/mol. The van der Waals surface area contributed by atoms with Crippen molar-refractivity contribution in [3.63, 3.8) is 0 Å². The van der Waals surface area contributed by atoms with E-state index in [-0.39, 0.29) is 31.0 Å². The van der Waals surface area contributed by atoms with E-state index in [1.807, 2.05) is 0 Å². The van der Waals surface area contributed by atoms with Crippen LogP contribution in [0.25, 0.3) is 0 Å². The maximum atomic E-state index is 9.72. The van der Waals surface area contributed by atoms with Gasteiger partial charge in [-0.2, -0.15) is 0 Å². The van der Waals surface area contributed by atoms with E-state index in [1.165, 1.54) is 0 Å². The summed E-state index contributed by atoms with van der Waals surface area (Å²) in [7, 11) is 0. The molecule has 0 aromatic heterocycles. The van der Waals surface area contributed by atoms with Gasteiger partial charge >= 0.3 is 41.5 Å². The van der Waals surface area contributed by atoms with Gasteiger partial charge in [0.15, 0.2) is 6.10 Å². The topological polar surface area (TPSA) is 94.8 Å². The maximum absolute atomic E-state index is 9.72. The minimum absolute atomic E-state index is 0. The molecule has 0 aliphatic carbocycles. The Morgan fingerprint density at radius 3 is 1.90 bits per heavy atom. The predicted octanol–water partition coefficient (Wildman–Crippen LogP) is -3.98. The molecule has 0 aromatic rings. The van der Waals surface area contributed by atoms with E-state index in [0.29, 0.717) is 0 Å². The number of rotatable bonds is 3. The molecule has 1 atom stereocenters. The third kappa shape index (κ3) is 6.03. The summed E-state index contributed by atoms with van der Waals surface area (Å²) in [4.78, 5) is 19.4. The van der Waals surface area contributed by atoms with E-state index in [1.54, 1.807) is 0 Å². The number of carbonyl (C=O) groups is 2. The van der Waals surface area contributed by atoms with Crippen LogP contribution in [0.3, 0.4) is 0 Å². The summed E-state index contributed by atoms with van der Waals surface area (Å²) in [6.45, 7) is 0. The van der Waals surface area contributed by atoms with Gasteiger partial charge in [-0.3, -0.25) is 4.79 Å². The fourth-order valence-electron chi connectivity index (χ4n) is 0.253. The summed E-state index contributed by atoms with van der Waals surface area (Å²) in [5.41, 5.74) is 0. The van der Waals surface area contributed by atoms with Gasteiger partial charge in [-0.15, -0.1) is 0 Å². The summed E-state index contributed by atoms with van der Waals surface area (Å²) in [6.07, 6.45) is -2.54. The molecule has 0 spiro atoms. The Morgan fingerprint density at radius 2 is 1.80 bits per heavy atom. The molecule has 54 valence electrons. The van der Waals surface area contributed by atoms with E-state index < -0.39 is 24.5 Å². The minimum Gasteiger partial charge on any atom is -1.00 e. The quantitative estimate of drug-likeness (QED) is 0.364. The first-order valence-electron chi connectivity index (χ1n) is 2.16. The van der Waals surface area contributed by atoms with Crippen LogP contribution in [0.2, 0.25) is 0 Å². The summed E-state index contributed by atoms with van der Waals surface area (Å²) < 4.78 is 0. The van der Waals surface area contributed by atoms with Gasteiger partial charge in [0.2, 0.25) is 0 Å². The van der Waals surface area contributed by atoms with Crippen LogP contribution in [0.4, 0.5) is 0 Å². The van der Waals surface area contributed by atoms with Crippen LogP contribution in [0.5, 0.6) is 0 Å². The molecule has 3 N–H and O–H groups in total. The Balaban J connectivity index is -0.000000320. The molecule has 0 saturated heterocycles. The molecule has 0 saturated carbocycles. The number of carboxylic acid groups (broad SMARTS) is 2. The van der Waals surface area contributed by atoms with Gasteiger partial charge in [-0.05, 0) is 0 Å². The average Bonchev–Trinajstić information content (AvgIpc) is 1.63. The third-order valence-corrected chi connectivity index (χ3v) is 0.653. The summed E-state index contributed by atoms with van der Waals surface area (Å²) in [5, 5.41) is 24.1. The van der Waals surface area contributed by atoms with Crippen molar-refractivity contribution in [3.05, 3.63) is 0 Å². The number of hydrogen-bond donors (Lipinski definition) is 3. The van der Waals surface area contributed by atoms with Gasteiger partial charge in [-0.25, -0.2) is 4.79 Å². The van der Waals surface area contributed by atoms with Crippen molar-refractivity contribution in [1.29, 1.82) is 0 Å². The Labute approximate surface area is 80.4 Å². The van der Waals surface area contributed by atoms with E-state index in [0.717, 1.165) is 0 Å².